The fourth-order valence-electron chi connectivity index (χ4n) is 1.41. The molecule has 13 heavy (non-hydrogen) atoms. The Bertz CT molecular complexity index is 305. The molecule has 1 aliphatic rings. The number of hydrogen-bond acceptors (Lipinski definition) is 1. The highest BCUT2D eigenvalue weighted by Crippen LogP contribution is 2.55. The molecule has 2 rings (SSSR count). The van der Waals surface area contributed by atoms with Crippen molar-refractivity contribution in [3.63, 3.8) is 0 Å². The number of ether oxygens (including phenoxy) is 1. The van der Waals surface area contributed by atoms with Gasteiger partial charge in [0.05, 0.1) is 13.0 Å². The Kier molecular flexibility index (Phi) is 1.75. The van der Waals surface area contributed by atoms with E-state index in [1.165, 1.54) is 0 Å². The van der Waals surface area contributed by atoms with E-state index in [1.54, 1.807) is 31.4 Å². The van der Waals surface area contributed by atoms with E-state index in [9.17, 15) is 8.78 Å². The minimum atomic E-state index is -2.48. The summed E-state index contributed by atoms with van der Waals surface area (Å²) >= 11 is 0. The molecule has 1 saturated carbocycles. The molecule has 0 N–H and O–H groups in total. The summed E-state index contributed by atoms with van der Waals surface area (Å²) in [6.07, 6.45) is -0.0146. The molecule has 1 aromatic carbocycles. The molecule has 0 aliphatic heterocycles. The Morgan fingerprint density at radius 1 is 1.31 bits per heavy atom. The molecule has 0 radical (unpaired) electrons. The SMILES string of the molecule is COc1ccc([C@H]2CC2(F)F)cc1. The third kappa shape index (κ3) is 1.50. The van der Waals surface area contributed by atoms with E-state index in [4.69, 9.17) is 4.74 Å². The number of rotatable bonds is 2. The first-order valence-corrected chi connectivity index (χ1v) is 4.15. The largest absolute Gasteiger partial charge is 0.497 e. The maximum absolute atomic E-state index is 12.6. The molecule has 0 spiro atoms. The Hall–Kier alpha value is -1.12. The topological polar surface area (TPSA) is 9.23 Å². The Morgan fingerprint density at radius 2 is 1.85 bits per heavy atom. The highest BCUT2D eigenvalue weighted by molar-refractivity contribution is 5.34. The minimum absolute atomic E-state index is 0.0146. The second-order valence-corrected chi connectivity index (χ2v) is 3.29. The standard InChI is InChI=1S/C10H10F2O/c1-13-8-4-2-7(3-5-8)9-6-10(9,11)12/h2-5,9H,6H2,1H3/t9-/m1/s1. The van der Waals surface area contributed by atoms with Crippen LogP contribution in [0.5, 0.6) is 5.75 Å². The highest BCUT2D eigenvalue weighted by atomic mass is 19.3. The molecule has 0 unspecified atom stereocenters. The van der Waals surface area contributed by atoms with Crippen LogP contribution in [0.4, 0.5) is 8.78 Å². The first kappa shape index (κ1) is 8.48. The quantitative estimate of drug-likeness (QED) is 0.686. The van der Waals surface area contributed by atoms with Crippen LogP contribution in [0.2, 0.25) is 0 Å². The molecule has 1 atom stereocenters. The smallest absolute Gasteiger partial charge is 0.255 e. The first-order valence-electron chi connectivity index (χ1n) is 4.15. The molecule has 3 heteroatoms. The molecular formula is C10H10F2O. The van der Waals surface area contributed by atoms with Crippen molar-refractivity contribution in [2.45, 2.75) is 18.3 Å². The van der Waals surface area contributed by atoms with Gasteiger partial charge in [0.2, 0.25) is 0 Å². The van der Waals surface area contributed by atoms with Crippen molar-refractivity contribution >= 4 is 0 Å². The number of alkyl halides is 2. The van der Waals surface area contributed by atoms with E-state index in [0.29, 0.717) is 11.3 Å². The van der Waals surface area contributed by atoms with Gasteiger partial charge in [0.25, 0.3) is 5.92 Å². The normalized spacial score (nSPS) is 24.1. The van der Waals surface area contributed by atoms with Gasteiger partial charge < -0.3 is 4.74 Å². The zero-order chi connectivity index (χ0) is 9.47. The van der Waals surface area contributed by atoms with Crippen molar-refractivity contribution in [2.75, 3.05) is 7.11 Å². The third-order valence-electron chi connectivity index (χ3n) is 2.34. The molecule has 0 bridgehead atoms. The predicted molar refractivity (Wildman–Crippen MR) is 45.3 cm³/mol. The first-order chi connectivity index (χ1) is 6.13. The molecule has 70 valence electrons. The summed E-state index contributed by atoms with van der Waals surface area (Å²) in [5.41, 5.74) is 0.700. The molecule has 1 fully saturated rings. The lowest BCUT2D eigenvalue weighted by molar-refractivity contribution is 0.112. The number of benzene rings is 1. The van der Waals surface area contributed by atoms with E-state index in [-0.39, 0.29) is 6.42 Å². The van der Waals surface area contributed by atoms with Crippen molar-refractivity contribution < 1.29 is 13.5 Å². The molecule has 1 aliphatic carbocycles. The summed E-state index contributed by atoms with van der Waals surface area (Å²) in [5, 5.41) is 0. The Morgan fingerprint density at radius 3 is 2.23 bits per heavy atom. The van der Waals surface area contributed by atoms with Gasteiger partial charge >= 0.3 is 0 Å². The number of methoxy groups -OCH3 is 1. The van der Waals surface area contributed by atoms with Gasteiger partial charge in [0.15, 0.2) is 0 Å². The van der Waals surface area contributed by atoms with E-state index in [0.717, 1.165) is 0 Å². The molecular weight excluding hydrogens is 174 g/mol. The summed E-state index contributed by atoms with van der Waals surface area (Å²) in [6.45, 7) is 0. The van der Waals surface area contributed by atoms with Gasteiger partial charge in [0, 0.05) is 6.42 Å². The Balaban J connectivity index is 2.16. The molecule has 0 heterocycles. The van der Waals surface area contributed by atoms with E-state index in [2.05, 4.69) is 0 Å². The summed E-state index contributed by atoms with van der Waals surface area (Å²) in [5.74, 6) is -2.35. The van der Waals surface area contributed by atoms with Crippen LogP contribution in [0.1, 0.15) is 17.9 Å². The van der Waals surface area contributed by atoms with Gasteiger partial charge in [0.1, 0.15) is 5.75 Å². The van der Waals surface area contributed by atoms with Gasteiger partial charge in [-0.2, -0.15) is 0 Å². The van der Waals surface area contributed by atoms with E-state index < -0.39 is 11.8 Å². The lowest BCUT2D eigenvalue weighted by Crippen LogP contribution is -1.92. The van der Waals surface area contributed by atoms with Crippen LogP contribution in [0.3, 0.4) is 0 Å². The van der Waals surface area contributed by atoms with Gasteiger partial charge in [-0.25, -0.2) is 8.78 Å². The number of halogens is 2. The van der Waals surface area contributed by atoms with Gasteiger partial charge in [-0.05, 0) is 17.7 Å². The molecule has 1 nitrogen and oxygen atoms in total. The molecule has 1 aromatic rings. The lowest BCUT2D eigenvalue weighted by atomic mass is 10.1. The summed E-state index contributed by atoms with van der Waals surface area (Å²) in [4.78, 5) is 0. The maximum atomic E-state index is 12.6. The van der Waals surface area contributed by atoms with Crippen molar-refractivity contribution in [1.82, 2.24) is 0 Å². The van der Waals surface area contributed by atoms with Crippen LogP contribution in [0.25, 0.3) is 0 Å². The van der Waals surface area contributed by atoms with Crippen molar-refractivity contribution in [1.29, 1.82) is 0 Å². The Labute approximate surface area is 75.3 Å². The molecule has 0 amide bonds. The van der Waals surface area contributed by atoms with Crippen LogP contribution < -0.4 is 4.74 Å². The van der Waals surface area contributed by atoms with Crippen LogP contribution >= 0.6 is 0 Å². The lowest BCUT2D eigenvalue weighted by Gasteiger charge is -2.01. The fraction of sp³-hybridized carbons (Fsp3) is 0.400. The molecule has 0 saturated heterocycles. The maximum Gasteiger partial charge on any atom is 0.255 e. The summed E-state index contributed by atoms with van der Waals surface area (Å²) in [6, 6.07) is 6.82. The third-order valence-corrected chi connectivity index (χ3v) is 2.34. The summed E-state index contributed by atoms with van der Waals surface area (Å²) < 4.78 is 30.2. The zero-order valence-corrected chi connectivity index (χ0v) is 7.26. The van der Waals surface area contributed by atoms with Gasteiger partial charge in [-0.1, -0.05) is 12.1 Å². The van der Waals surface area contributed by atoms with Crippen molar-refractivity contribution in [3.05, 3.63) is 29.8 Å². The van der Waals surface area contributed by atoms with Crippen molar-refractivity contribution in [3.8, 4) is 5.75 Å². The van der Waals surface area contributed by atoms with Gasteiger partial charge in [-0.15, -0.1) is 0 Å². The summed E-state index contributed by atoms with van der Waals surface area (Å²) in [7, 11) is 1.56. The molecule has 0 aromatic heterocycles. The predicted octanol–water partition coefficient (Wildman–Crippen LogP) is 2.82. The van der Waals surface area contributed by atoms with E-state index >= 15 is 0 Å². The second kappa shape index (κ2) is 2.69. The van der Waals surface area contributed by atoms with Crippen molar-refractivity contribution in [2.24, 2.45) is 0 Å². The average molecular weight is 184 g/mol. The highest BCUT2D eigenvalue weighted by Gasteiger charge is 2.57. The van der Waals surface area contributed by atoms with Crippen LogP contribution in [-0.2, 0) is 0 Å². The average Bonchev–Trinajstić information content (AvgIpc) is 2.76. The zero-order valence-electron chi connectivity index (χ0n) is 7.26. The van der Waals surface area contributed by atoms with Gasteiger partial charge in [-0.3, -0.25) is 0 Å². The van der Waals surface area contributed by atoms with Crippen LogP contribution in [-0.4, -0.2) is 13.0 Å². The van der Waals surface area contributed by atoms with Crippen LogP contribution in [0.15, 0.2) is 24.3 Å². The fourth-order valence-corrected chi connectivity index (χ4v) is 1.41. The monoisotopic (exact) mass is 184 g/mol. The number of hydrogen-bond donors (Lipinski definition) is 0. The van der Waals surface area contributed by atoms with Crippen LogP contribution in [0, 0.1) is 0 Å². The second-order valence-electron chi connectivity index (χ2n) is 3.29. The minimum Gasteiger partial charge on any atom is -0.497 e. The van der Waals surface area contributed by atoms with E-state index in [1.807, 2.05) is 0 Å².